The monoisotopic (exact) mass is 352 g/mol. The zero-order valence-electron chi connectivity index (χ0n) is 15.1. The Kier molecular flexibility index (Phi) is 3.64. The summed E-state index contributed by atoms with van der Waals surface area (Å²) in [5.41, 5.74) is 1.09. The highest BCUT2D eigenvalue weighted by atomic mass is 16.5. The molecule has 3 aliphatic rings. The maximum absolute atomic E-state index is 12.6. The third-order valence-corrected chi connectivity index (χ3v) is 6.12. The largest absolute Gasteiger partial charge is 0.341 e. The van der Waals surface area contributed by atoms with Crippen molar-refractivity contribution >= 4 is 5.91 Å². The normalized spacial score (nSPS) is 28.5. The quantitative estimate of drug-likeness (QED) is 0.842. The molecule has 0 N–H and O–H groups in total. The van der Waals surface area contributed by atoms with E-state index in [-0.39, 0.29) is 11.3 Å². The molecule has 2 aliphatic heterocycles. The minimum atomic E-state index is -0.222. The van der Waals surface area contributed by atoms with Crippen molar-refractivity contribution in [3.8, 4) is 0 Å². The van der Waals surface area contributed by atoms with E-state index in [0.29, 0.717) is 30.1 Å². The molecule has 1 aliphatic carbocycles. The smallest absolute Gasteiger partial charge is 0.236 e. The standard InChI is InChI=1S/C20H24N4O2/c1-14-21-19(26-22-14)20-12-23(9-15-5-3-2-4-6-15)10-17(20)11-24(13-20)18(25)16-7-8-16/h2-6,16-17H,7-13H2,1H3/t17-,20-/m0/s1. The van der Waals surface area contributed by atoms with E-state index in [9.17, 15) is 4.79 Å². The zero-order chi connectivity index (χ0) is 17.7. The number of hydrogen-bond donors (Lipinski definition) is 0. The predicted octanol–water partition coefficient (Wildman–Crippen LogP) is 2.00. The fourth-order valence-electron chi connectivity index (χ4n) is 4.69. The first-order valence-corrected chi connectivity index (χ1v) is 9.50. The topological polar surface area (TPSA) is 62.5 Å². The number of rotatable bonds is 4. The van der Waals surface area contributed by atoms with Gasteiger partial charge in [-0.15, -0.1) is 0 Å². The molecule has 0 unspecified atom stereocenters. The average molecular weight is 352 g/mol. The van der Waals surface area contributed by atoms with E-state index in [2.05, 4.69) is 44.2 Å². The molecule has 6 nitrogen and oxygen atoms in total. The van der Waals surface area contributed by atoms with E-state index in [1.165, 1.54) is 5.56 Å². The fourth-order valence-corrected chi connectivity index (χ4v) is 4.69. The molecule has 3 fully saturated rings. The molecule has 26 heavy (non-hydrogen) atoms. The van der Waals surface area contributed by atoms with E-state index in [1.54, 1.807) is 0 Å². The molecule has 3 heterocycles. The highest BCUT2D eigenvalue weighted by Gasteiger charge is 2.58. The van der Waals surface area contributed by atoms with Crippen molar-refractivity contribution in [2.75, 3.05) is 26.2 Å². The van der Waals surface area contributed by atoms with E-state index in [1.807, 2.05) is 13.0 Å². The summed E-state index contributed by atoms with van der Waals surface area (Å²) in [5, 5.41) is 4.03. The van der Waals surface area contributed by atoms with Crippen LogP contribution >= 0.6 is 0 Å². The Bertz CT molecular complexity index is 816. The van der Waals surface area contributed by atoms with Crippen molar-refractivity contribution in [3.63, 3.8) is 0 Å². The molecule has 0 radical (unpaired) electrons. The lowest BCUT2D eigenvalue weighted by molar-refractivity contribution is -0.132. The number of carbonyl (C=O) groups excluding carboxylic acids is 1. The highest BCUT2D eigenvalue weighted by Crippen LogP contribution is 2.46. The molecule has 5 rings (SSSR count). The maximum atomic E-state index is 12.6. The van der Waals surface area contributed by atoms with Crippen molar-refractivity contribution in [3.05, 3.63) is 47.6 Å². The summed E-state index contributed by atoms with van der Waals surface area (Å²) >= 11 is 0. The van der Waals surface area contributed by atoms with Gasteiger partial charge >= 0.3 is 0 Å². The van der Waals surface area contributed by atoms with E-state index in [4.69, 9.17) is 4.52 Å². The Morgan fingerprint density at radius 2 is 2.04 bits per heavy atom. The van der Waals surface area contributed by atoms with Gasteiger partial charge in [-0.3, -0.25) is 9.69 Å². The Morgan fingerprint density at radius 1 is 1.23 bits per heavy atom. The fraction of sp³-hybridized carbons (Fsp3) is 0.550. The van der Waals surface area contributed by atoms with Crippen LogP contribution in [0, 0.1) is 18.8 Å². The molecule has 0 spiro atoms. The Balaban J connectivity index is 1.41. The van der Waals surface area contributed by atoms with Gasteiger partial charge in [-0.1, -0.05) is 35.5 Å². The molecule has 2 atom stereocenters. The first kappa shape index (κ1) is 16.0. The zero-order valence-corrected chi connectivity index (χ0v) is 15.1. The molecule has 136 valence electrons. The average Bonchev–Trinajstić information content (AvgIpc) is 3.16. The van der Waals surface area contributed by atoms with Gasteiger partial charge in [-0.25, -0.2) is 0 Å². The second-order valence-electron chi connectivity index (χ2n) is 8.15. The van der Waals surface area contributed by atoms with Gasteiger partial charge < -0.3 is 9.42 Å². The Hall–Kier alpha value is -2.21. The number of aryl methyl sites for hydroxylation is 1. The number of nitrogens with zero attached hydrogens (tertiary/aromatic N) is 4. The van der Waals surface area contributed by atoms with Crippen LogP contribution in [0.5, 0.6) is 0 Å². The summed E-state index contributed by atoms with van der Waals surface area (Å²) in [7, 11) is 0. The van der Waals surface area contributed by atoms with Crippen molar-refractivity contribution in [2.45, 2.75) is 31.7 Å². The van der Waals surface area contributed by atoms with Crippen LogP contribution < -0.4 is 0 Å². The molecule has 0 bridgehead atoms. The highest BCUT2D eigenvalue weighted by molar-refractivity contribution is 5.81. The summed E-state index contributed by atoms with van der Waals surface area (Å²) < 4.78 is 5.63. The van der Waals surface area contributed by atoms with Crippen LogP contribution in [0.4, 0.5) is 0 Å². The first-order chi connectivity index (χ1) is 12.6. The van der Waals surface area contributed by atoms with E-state index in [0.717, 1.165) is 39.0 Å². The van der Waals surface area contributed by atoms with Crippen LogP contribution in [0.2, 0.25) is 0 Å². The molecular formula is C20H24N4O2. The van der Waals surface area contributed by atoms with Gasteiger partial charge in [0.15, 0.2) is 5.82 Å². The summed E-state index contributed by atoms with van der Waals surface area (Å²) in [6, 6.07) is 10.5. The molecule has 1 aromatic heterocycles. The van der Waals surface area contributed by atoms with Gasteiger partial charge in [0, 0.05) is 44.6 Å². The lowest BCUT2D eigenvalue weighted by atomic mass is 9.81. The number of aromatic nitrogens is 2. The van der Waals surface area contributed by atoms with Crippen LogP contribution in [0.1, 0.15) is 30.1 Å². The minimum absolute atomic E-state index is 0.222. The lowest BCUT2D eigenvalue weighted by Crippen LogP contribution is -2.40. The first-order valence-electron chi connectivity index (χ1n) is 9.50. The van der Waals surface area contributed by atoms with Crippen LogP contribution in [-0.4, -0.2) is 52.0 Å². The van der Waals surface area contributed by atoms with Crippen molar-refractivity contribution in [1.29, 1.82) is 0 Å². The van der Waals surface area contributed by atoms with Gasteiger partial charge in [0.1, 0.15) is 0 Å². The van der Waals surface area contributed by atoms with Crippen LogP contribution in [0.3, 0.4) is 0 Å². The molecule has 6 heteroatoms. The number of benzene rings is 1. The summed E-state index contributed by atoms with van der Waals surface area (Å²) in [6.07, 6.45) is 2.10. The van der Waals surface area contributed by atoms with E-state index >= 15 is 0 Å². The van der Waals surface area contributed by atoms with Crippen LogP contribution in [0.25, 0.3) is 0 Å². The summed E-state index contributed by atoms with van der Waals surface area (Å²) in [5.74, 6) is 2.32. The predicted molar refractivity (Wildman–Crippen MR) is 95.2 cm³/mol. The van der Waals surface area contributed by atoms with Crippen LogP contribution in [-0.2, 0) is 16.8 Å². The number of carbonyl (C=O) groups is 1. The molecule has 1 aromatic carbocycles. The van der Waals surface area contributed by atoms with Gasteiger partial charge in [0.25, 0.3) is 0 Å². The van der Waals surface area contributed by atoms with Crippen molar-refractivity contribution in [2.24, 2.45) is 11.8 Å². The van der Waals surface area contributed by atoms with Gasteiger partial charge in [0.05, 0.1) is 5.41 Å². The molecule has 2 aromatic rings. The third-order valence-electron chi connectivity index (χ3n) is 6.12. The SMILES string of the molecule is Cc1noc([C@]23CN(Cc4ccccc4)C[C@H]2CN(C(=O)C2CC2)C3)n1. The van der Waals surface area contributed by atoms with Gasteiger partial charge in [0.2, 0.25) is 11.8 Å². The second-order valence-corrected chi connectivity index (χ2v) is 8.15. The second kappa shape index (κ2) is 5.91. The number of amides is 1. The van der Waals surface area contributed by atoms with Crippen molar-refractivity contribution in [1.82, 2.24) is 19.9 Å². The summed E-state index contributed by atoms with van der Waals surface area (Å²) in [4.78, 5) is 21.7. The molecule has 1 saturated carbocycles. The molecule has 1 amide bonds. The summed E-state index contributed by atoms with van der Waals surface area (Å²) in [6.45, 7) is 6.12. The van der Waals surface area contributed by atoms with E-state index < -0.39 is 0 Å². The number of fused-ring (bicyclic) bond motifs is 1. The van der Waals surface area contributed by atoms with Gasteiger partial charge in [-0.05, 0) is 25.3 Å². The number of hydrogen-bond acceptors (Lipinski definition) is 5. The van der Waals surface area contributed by atoms with Crippen molar-refractivity contribution < 1.29 is 9.32 Å². The minimum Gasteiger partial charge on any atom is -0.341 e. The molecular weight excluding hydrogens is 328 g/mol. The Labute approximate surface area is 153 Å². The molecule has 2 saturated heterocycles. The van der Waals surface area contributed by atoms with Crippen LogP contribution in [0.15, 0.2) is 34.9 Å². The lowest BCUT2D eigenvalue weighted by Gasteiger charge is -2.26. The number of likely N-dealkylation sites (tertiary alicyclic amines) is 2. The Morgan fingerprint density at radius 3 is 2.73 bits per heavy atom. The maximum Gasteiger partial charge on any atom is 0.236 e. The third kappa shape index (κ3) is 2.63. The van der Waals surface area contributed by atoms with Gasteiger partial charge in [-0.2, -0.15) is 4.98 Å².